The van der Waals surface area contributed by atoms with Gasteiger partial charge in [-0.2, -0.15) is 4.37 Å². The zero-order valence-corrected chi connectivity index (χ0v) is 14.6. The van der Waals surface area contributed by atoms with Gasteiger partial charge >= 0.3 is 0 Å². The van der Waals surface area contributed by atoms with E-state index in [2.05, 4.69) is 9.36 Å². The molecule has 0 radical (unpaired) electrons. The first-order chi connectivity index (χ1) is 9.86. The number of hydrogen-bond acceptors (Lipinski definition) is 8. The van der Waals surface area contributed by atoms with Crippen LogP contribution in [0.4, 0.5) is 10.8 Å². The zero-order valence-electron chi connectivity index (χ0n) is 12.2. The molecule has 6 nitrogen and oxygen atoms in total. The lowest BCUT2D eigenvalue weighted by Gasteiger charge is -2.18. The SMILES string of the molecule is CCCS(=O)(=O)c1c(N)nsc1N(C)Cc1scnc1C. The fraction of sp³-hybridized carbons (Fsp3) is 0.500. The molecule has 0 fully saturated rings. The zero-order chi connectivity index (χ0) is 15.6. The first-order valence-corrected chi connectivity index (χ1v) is 9.75. The lowest BCUT2D eigenvalue weighted by atomic mass is 10.4. The van der Waals surface area contributed by atoms with E-state index in [1.807, 2.05) is 25.8 Å². The molecule has 2 N–H and O–H groups in total. The third-order valence-corrected chi connectivity index (χ3v) is 7.01. The quantitative estimate of drug-likeness (QED) is 0.863. The average molecular weight is 347 g/mol. The maximum Gasteiger partial charge on any atom is 0.185 e. The number of aryl methyl sites for hydroxylation is 1. The molecule has 0 unspecified atom stereocenters. The van der Waals surface area contributed by atoms with Crippen molar-refractivity contribution in [1.29, 1.82) is 0 Å². The van der Waals surface area contributed by atoms with Crippen LogP contribution in [0.1, 0.15) is 23.9 Å². The molecule has 2 aromatic heterocycles. The van der Waals surface area contributed by atoms with Gasteiger partial charge in [0.25, 0.3) is 0 Å². The van der Waals surface area contributed by atoms with Gasteiger partial charge in [-0.1, -0.05) is 6.92 Å². The molecular weight excluding hydrogens is 328 g/mol. The van der Waals surface area contributed by atoms with Gasteiger partial charge < -0.3 is 10.6 Å². The molecular formula is C12H18N4O2S3. The van der Waals surface area contributed by atoms with Crippen LogP contribution in [0.2, 0.25) is 0 Å². The van der Waals surface area contributed by atoms with Crippen molar-refractivity contribution in [1.82, 2.24) is 9.36 Å². The summed E-state index contributed by atoms with van der Waals surface area (Å²) in [5.74, 6) is 0.173. The van der Waals surface area contributed by atoms with Crippen LogP contribution in [-0.4, -0.2) is 30.6 Å². The monoisotopic (exact) mass is 346 g/mol. The van der Waals surface area contributed by atoms with Crippen molar-refractivity contribution in [3.63, 3.8) is 0 Å². The number of nitrogen functional groups attached to an aromatic ring is 1. The van der Waals surface area contributed by atoms with Crippen molar-refractivity contribution in [3.05, 3.63) is 16.1 Å². The minimum Gasteiger partial charge on any atom is -0.382 e. The first kappa shape index (κ1) is 16.2. The first-order valence-electron chi connectivity index (χ1n) is 6.44. The Kier molecular flexibility index (Phi) is 4.84. The molecule has 2 heterocycles. The molecule has 9 heteroatoms. The predicted molar refractivity (Wildman–Crippen MR) is 87.8 cm³/mol. The van der Waals surface area contributed by atoms with Gasteiger partial charge in [-0.25, -0.2) is 13.4 Å². The Morgan fingerprint density at radius 3 is 2.71 bits per heavy atom. The Labute approximate surface area is 132 Å². The van der Waals surface area contributed by atoms with E-state index in [4.69, 9.17) is 5.73 Å². The molecule has 0 bridgehead atoms. The van der Waals surface area contributed by atoms with E-state index < -0.39 is 9.84 Å². The van der Waals surface area contributed by atoms with Gasteiger partial charge in [0, 0.05) is 11.9 Å². The van der Waals surface area contributed by atoms with Crippen molar-refractivity contribution < 1.29 is 8.42 Å². The number of sulfone groups is 1. The fourth-order valence-corrected chi connectivity index (χ4v) is 5.53. The highest BCUT2D eigenvalue weighted by atomic mass is 32.2. The lowest BCUT2D eigenvalue weighted by molar-refractivity contribution is 0.595. The summed E-state index contributed by atoms with van der Waals surface area (Å²) >= 11 is 2.67. The summed E-state index contributed by atoms with van der Waals surface area (Å²) in [5.41, 5.74) is 8.53. The Hall–Kier alpha value is -1.19. The third-order valence-electron chi connectivity index (χ3n) is 3.01. The molecule has 0 saturated carbocycles. The van der Waals surface area contributed by atoms with Crippen molar-refractivity contribution in [2.75, 3.05) is 23.4 Å². The predicted octanol–water partition coefficient (Wildman–Crippen LogP) is 2.31. The maximum atomic E-state index is 12.4. The molecule has 0 spiro atoms. The highest BCUT2D eigenvalue weighted by Gasteiger charge is 2.27. The van der Waals surface area contributed by atoms with Gasteiger partial charge in [0.1, 0.15) is 9.90 Å². The van der Waals surface area contributed by atoms with Crippen LogP contribution >= 0.6 is 22.9 Å². The molecule has 0 aliphatic rings. The molecule has 0 aromatic carbocycles. The maximum absolute atomic E-state index is 12.4. The van der Waals surface area contributed by atoms with Gasteiger partial charge in [-0.05, 0) is 24.9 Å². The van der Waals surface area contributed by atoms with Crippen LogP contribution in [0.5, 0.6) is 0 Å². The molecule has 0 amide bonds. The van der Waals surface area contributed by atoms with E-state index in [1.165, 1.54) is 0 Å². The molecule has 2 aromatic rings. The van der Waals surface area contributed by atoms with E-state index in [-0.39, 0.29) is 16.5 Å². The standard InChI is InChI=1S/C12H18N4O2S3/c1-4-5-21(17,18)10-11(13)15-20-12(10)16(3)6-9-8(2)14-7-19-9/h7H,4-6H2,1-3H3,(H2,13,15). The van der Waals surface area contributed by atoms with Crippen molar-refractivity contribution in [2.24, 2.45) is 0 Å². The summed E-state index contributed by atoms with van der Waals surface area (Å²) in [4.78, 5) is 7.34. The highest BCUT2D eigenvalue weighted by Crippen LogP contribution is 2.36. The molecule has 0 aliphatic carbocycles. The van der Waals surface area contributed by atoms with Gasteiger partial charge in [0.15, 0.2) is 15.7 Å². The number of nitrogens with zero attached hydrogens (tertiary/aromatic N) is 3. The number of hydrogen-bond donors (Lipinski definition) is 1. The highest BCUT2D eigenvalue weighted by molar-refractivity contribution is 7.91. The van der Waals surface area contributed by atoms with Crippen molar-refractivity contribution in [2.45, 2.75) is 31.7 Å². The Morgan fingerprint density at radius 1 is 1.43 bits per heavy atom. The third kappa shape index (κ3) is 3.35. The summed E-state index contributed by atoms with van der Waals surface area (Å²) < 4.78 is 28.7. The van der Waals surface area contributed by atoms with Gasteiger partial charge in [-0.15, -0.1) is 11.3 Å². The second kappa shape index (κ2) is 6.29. The van der Waals surface area contributed by atoms with E-state index in [9.17, 15) is 8.42 Å². The molecule has 2 rings (SSSR count). The molecule has 21 heavy (non-hydrogen) atoms. The summed E-state index contributed by atoms with van der Waals surface area (Å²) in [6.45, 7) is 4.36. The minimum absolute atomic E-state index is 0.0794. The van der Waals surface area contributed by atoms with Gasteiger partial charge in [-0.3, -0.25) is 0 Å². The van der Waals surface area contributed by atoms with Crippen LogP contribution in [0.15, 0.2) is 10.4 Å². The molecule has 116 valence electrons. The van der Waals surface area contributed by atoms with Crippen molar-refractivity contribution >= 4 is 43.5 Å². The van der Waals surface area contributed by atoms with E-state index in [0.29, 0.717) is 18.0 Å². The number of rotatable bonds is 6. The van der Waals surface area contributed by atoms with E-state index >= 15 is 0 Å². The van der Waals surface area contributed by atoms with Crippen LogP contribution in [-0.2, 0) is 16.4 Å². The molecule has 0 atom stereocenters. The van der Waals surface area contributed by atoms with E-state index in [0.717, 1.165) is 22.1 Å². The summed E-state index contributed by atoms with van der Waals surface area (Å²) in [6, 6.07) is 0. The van der Waals surface area contributed by atoms with Gasteiger partial charge in [0.2, 0.25) is 0 Å². The normalized spacial score (nSPS) is 11.8. The van der Waals surface area contributed by atoms with Gasteiger partial charge in [0.05, 0.1) is 23.5 Å². The Bertz CT molecular complexity index is 721. The molecule has 0 aliphatic heterocycles. The molecule has 0 saturated heterocycles. The van der Waals surface area contributed by atoms with E-state index in [1.54, 1.807) is 16.8 Å². The summed E-state index contributed by atoms with van der Waals surface area (Å²) in [5, 5.41) is 0.591. The van der Waals surface area contributed by atoms with Crippen LogP contribution in [0.25, 0.3) is 0 Å². The Morgan fingerprint density at radius 2 is 2.14 bits per heavy atom. The minimum atomic E-state index is -3.39. The average Bonchev–Trinajstić information content (AvgIpc) is 2.96. The lowest BCUT2D eigenvalue weighted by Crippen LogP contribution is -2.19. The number of anilines is 2. The second-order valence-electron chi connectivity index (χ2n) is 4.74. The van der Waals surface area contributed by atoms with Crippen molar-refractivity contribution in [3.8, 4) is 0 Å². The number of nitrogens with two attached hydrogens (primary N) is 1. The largest absolute Gasteiger partial charge is 0.382 e. The van der Waals surface area contributed by atoms with Crippen LogP contribution < -0.4 is 10.6 Å². The summed E-state index contributed by atoms with van der Waals surface area (Å²) in [7, 11) is -1.55. The van der Waals surface area contributed by atoms with Crippen LogP contribution in [0, 0.1) is 6.92 Å². The summed E-state index contributed by atoms with van der Waals surface area (Å²) in [6.07, 6.45) is 0.550. The van der Waals surface area contributed by atoms with Crippen LogP contribution in [0.3, 0.4) is 0 Å². The second-order valence-corrected chi connectivity index (χ2v) is 8.48. The number of aromatic nitrogens is 2. The number of thiazole rings is 1. The topological polar surface area (TPSA) is 89.2 Å². The Balaban J connectivity index is 2.35. The smallest absolute Gasteiger partial charge is 0.185 e. The fourth-order valence-electron chi connectivity index (χ4n) is 1.96.